The van der Waals surface area contributed by atoms with Crippen molar-refractivity contribution in [2.24, 2.45) is 5.92 Å². The molecule has 8 nitrogen and oxygen atoms in total. The fourth-order valence-corrected chi connectivity index (χ4v) is 4.09. The van der Waals surface area contributed by atoms with E-state index < -0.39 is 6.04 Å². The number of nitrogens with zero attached hydrogens (tertiary/aromatic N) is 2. The van der Waals surface area contributed by atoms with Crippen LogP contribution in [-0.2, 0) is 19.1 Å². The molecule has 2 atom stereocenters. The lowest BCUT2D eigenvalue weighted by atomic mass is 9.96. The second kappa shape index (κ2) is 7.79. The molecular formula is C20H24N2O6. The number of benzene rings is 1. The van der Waals surface area contributed by atoms with Crippen molar-refractivity contribution < 1.29 is 28.6 Å². The Bertz CT molecular complexity index is 795. The minimum Gasteiger partial charge on any atom is -0.486 e. The van der Waals surface area contributed by atoms with E-state index in [0.29, 0.717) is 50.1 Å². The van der Waals surface area contributed by atoms with Gasteiger partial charge in [-0.15, -0.1) is 0 Å². The summed E-state index contributed by atoms with van der Waals surface area (Å²) in [6, 6.07) is 4.54. The summed E-state index contributed by atoms with van der Waals surface area (Å²) in [5.41, 5.74) is 0.487. The minimum absolute atomic E-state index is 0.114. The molecule has 0 spiro atoms. The number of imide groups is 1. The standard InChI is InChI=1S/C20H24N2O6/c1-2-26-20(25)13-4-3-7-21(12-13)15-11-18(23)22(19(15)24)14-5-6-16-17(10-14)28-9-8-27-16/h5-6,10,13,15H,2-4,7-9,11-12H2,1H3/t13-,15+/m0/s1. The Morgan fingerprint density at radius 2 is 2.00 bits per heavy atom. The Morgan fingerprint density at radius 1 is 1.21 bits per heavy atom. The van der Waals surface area contributed by atoms with Gasteiger partial charge in [-0.3, -0.25) is 19.3 Å². The normalized spacial score (nSPS) is 25.1. The highest BCUT2D eigenvalue weighted by atomic mass is 16.6. The summed E-state index contributed by atoms with van der Waals surface area (Å²) in [7, 11) is 0. The van der Waals surface area contributed by atoms with Gasteiger partial charge in [-0.05, 0) is 38.4 Å². The van der Waals surface area contributed by atoms with E-state index in [2.05, 4.69) is 0 Å². The molecule has 150 valence electrons. The first-order chi connectivity index (χ1) is 13.6. The summed E-state index contributed by atoms with van der Waals surface area (Å²) < 4.78 is 16.2. The van der Waals surface area contributed by atoms with E-state index in [9.17, 15) is 14.4 Å². The van der Waals surface area contributed by atoms with E-state index in [0.717, 1.165) is 12.8 Å². The van der Waals surface area contributed by atoms with E-state index in [1.54, 1.807) is 25.1 Å². The molecule has 3 aliphatic rings. The molecule has 2 fully saturated rings. The molecule has 0 bridgehead atoms. The third-order valence-electron chi connectivity index (χ3n) is 5.42. The Hall–Kier alpha value is -2.61. The van der Waals surface area contributed by atoms with Crippen LogP contribution < -0.4 is 14.4 Å². The van der Waals surface area contributed by atoms with Gasteiger partial charge in [-0.2, -0.15) is 0 Å². The predicted octanol–water partition coefficient (Wildman–Crippen LogP) is 1.36. The maximum atomic E-state index is 13.1. The smallest absolute Gasteiger partial charge is 0.310 e. The first kappa shape index (κ1) is 18.7. The number of carbonyl (C=O) groups is 3. The number of amides is 2. The lowest BCUT2D eigenvalue weighted by Gasteiger charge is -2.34. The van der Waals surface area contributed by atoms with E-state index in [-0.39, 0.29) is 30.1 Å². The summed E-state index contributed by atoms with van der Waals surface area (Å²) in [5, 5.41) is 0. The van der Waals surface area contributed by atoms with Crippen molar-refractivity contribution in [1.82, 2.24) is 4.90 Å². The molecule has 0 saturated carbocycles. The molecule has 0 aliphatic carbocycles. The topological polar surface area (TPSA) is 85.4 Å². The number of rotatable bonds is 4. The lowest BCUT2D eigenvalue weighted by Crippen LogP contribution is -2.48. The van der Waals surface area contributed by atoms with Crippen molar-refractivity contribution in [3.05, 3.63) is 18.2 Å². The van der Waals surface area contributed by atoms with Crippen LogP contribution in [0.4, 0.5) is 5.69 Å². The highest BCUT2D eigenvalue weighted by Crippen LogP contribution is 2.36. The number of piperidine rings is 1. The van der Waals surface area contributed by atoms with Gasteiger partial charge in [0.25, 0.3) is 5.91 Å². The van der Waals surface area contributed by atoms with Gasteiger partial charge < -0.3 is 14.2 Å². The molecule has 8 heteroatoms. The molecule has 0 N–H and O–H groups in total. The number of hydrogen-bond donors (Lipinski definition) is 0. The van der Waals surface area contributed by atoms with Crippen LogP contribution in [-0.4, -0.2) is 61.6 Å². The number of esters is 1. The molecule has 3 heterocycles. The minimum atomic E-state index is -0.544. The van der Waals surface area contributed by atoms with Crippen molar-refractivity contribution >= 4 is 23.5 Å². The van der Waals surface area contributed by atoms with Crippen LogP contribution in [0.3, 0.4) is 0 Å². The molecule has 3 aliphatic heterocycles. The van der Waals surface area contributed by atoms with E-state index in [4.69, 9.17) is 14.2 Å². The predicted molar refractivity (Wildman–Crippen MR) is 99.3 cm³/mol. The molecule has 1 aromatic rings. The van der Waals surface area contributed by atoms with Crippen LogP contribution in [0.5, 0.6) is 11.5 Å². The Labute approximate surface area is 163 Å². The van der Waals surface area contributed by atoms with E-state index in [1.165, 1.54) is 4.90 Å². The van der Waals surface area contributed by atoms with Crippen molar-refractivity contribution in [1.29, 1.82) is 0 Å². The van der Waals surface area contributed by atoms with Gasteiger partial charge in [0, 0.05) is 12.6 Å². The molecule has 28 heavy (non-hydrogen) atoms. The van der Waals surface area contributed by atoms with Crippen LogP contribution in [0.25, 0.3) is 0 Å². The van der Waals surface area contributed by atoms with Crippen molar-refractivity contribution in [3.63, 3.8) is 0 Å². The number of anilines is 1. The largest absolute Gasteiger partial charge is 0.486 e. The van der Waals surface area contributed by atoms with E-state index in [1.807, 2.05) is 4.90 Å². The highest BCUT2D eigenvalue weighted by molar-refractivity contribution is 6.22. The fraction of sp³-hybridized carbons (Fsp3) is 0.550. The monoisotopic (exact) mass is 388 g/mol. The van der Waals surface area contributed by atoms with Gasteiger partial charge in [0.2, 0.25) is 5.91 Å². The molecule has 0 unspecified atom stereocenters. The number of fused-ring (bicyclic) bond motifs is 1. The maximum absolute atomic E-state index is 13.1. The molecule has 1 aromatic carbocycles. The van der Waals surface area contributed by atoms with Crippen LogP contribution in [0.15, 0.2) is 18.2 Å². The summed E-state index contributed by atoms with van der Waals surface area (Å²) in [4.78, 5) is 41.0. The van der Waals surface area contributed by atoms with Crippen LogP contribution in [0.2, 0.25) is 0 Å². The van der Waals surface area contributed by atoms with Gasteiger partial charge in [0.1, 0.15) is 13.2 Å². The van der Waals surface area contributed by atoms with Gasteiger partial charge in [0.05, 0.1) is 30.7 Å². The average molecular weight is 388 g/mol. The average Bonchev–Trinajstić information content (AvgIpc) is 3.02. The summed E-state index contributed by atoms with van der Waals surface area (Å²) in [5.74, 6) is 0.163. The molecule has 2 saturated heterocycles. The quantitative estimate of drug-likeness (QED) is 0.569. The number of ether oxygens (including phenoxy) is 3. The third kappa shape index (κ3) is 3.44. The van der Waals surface area contributed by atoms with Gasteiger partial charge in [-0.25, -0.2) is 4.90 Å². The Balaban J connectivity index is 1.50. The molecule has 0 radical (unpaired) electrons. The molecule has 2 amide bonds. The summed E-state index contributed by atoms with van der Waals surface area (Å²) in [6.07, 6.45) is 1.66. The lowest BCUT2D eigenvalue weighted by molar-refractivity contribution is -0.150. The van der Waals surface area contributed by atoms with Crippen molar-refractivity contribution in [2.75, 3.05) is 37.8 Å². The highest BCUT2D eigenvalue weighted by Gasteiger charge is 2.44. The number of likely N-dealkylation sites (tertiary alicyclic amines) is 1. The number of carbonyl (C=O) groups excluding carboxylic acids is 3. The van der Waals surface area contributed by atoms with Crippen molar-refractivity contribution in [3.8, 4) is 11.5 Å². The van der Waals surface area contributed by atoms with Crippen LogP contribution >= 0.6 is 0 Å². The zero-order valence-electron chi connectivity index (χ0n) is 15.9. The Morgan fingerprint density at radius 3 is 2.79 bits per heavy atom. The van der Waals surface area contributed by atoms with Gasteiger partial charge in [0.15, 0.2) is 11.5 Å². The second-order valence-electron chi connectivity index (χ2n) is 7.20. The van der Waals surface area contributed by atoms with Gasteiger partial charge in [-0.1, -0.05) is 0 Å². The van der Waals surface area contributed by atoms with Gasteiger partial charge >= 0.3 is 5.97 Å². The summed E-state index contributed by atoms with van der Waals surface area (Å²) >= 11 is 0. The first-order valence-electron chi connectivity index (χ1n) is 9.75. The first-order valence-corrected chi connectivity index (χ1v) is 9.75. The van der Waals surface area contributed by atoms with Crippen molar-refractivity contribution in [2.45, 2.75) is 32.2 Å². The van der Waals surface area contributed by atoms with Crippen LogP contribution in [0, 0.1) is 5.92 Å². The molecular weight excluding hydrogens is 364 g/mol. The zero-order chi connectivity index (χ0) is 19.7. The molecule has 4 rings (SSSR count). The second-order valence-corrected chi connectivity index (χ2v) is 7.20. The Kier molecular flexibility index (Phi) is 5.21. The maximum Gasteiger partial charge on any atom is 0.310 e. The summed E-state index contributed by atoms with van der Waals surface area (Å²) in [6.45, 7) is 4.17. The third-order valence-corrected chi connectivity index (χ3v) is 5.42. The molecule has 0 aromatic heterocycles. The van der Waals surface area contributed by atoms with Crippen LogP contribution in [0.1, 0.15) is 26.2 Å². The van der Waals surface area contributed by atoms with E-state index >= 15 is 0 Å². The number of hydrogen-bond acceptors (Lipinski definition) is 7. The SMILES string of the molecule is CCOC(=O)[C@H]1CCCN([C@@H]2CC(=O)N(c3ccc4c(c3)OCCO4)C2=O)C1. The zero-order valence-corrected chi connectivity index (χ0v) is 15.9. The fourth-order valence-electron chi connectivity index (χ4n) is 4.09.